The number of anilines is 1. The number of nitro benzene ring substituents is 1. The van der Waals surface area contributed by atoms with Crippen LogP contribution in [0.25, 0.3) is 11.3 Å². The summed E-state index contributed by atoms with van der Waals surface area (Å²) in [6, 6.07) is 11.8. The largest absolute Gasteiger partial charge is 0.486 e. The van der Waals surface area contributed by atoms with Gasteiger partial charge < -0.3 is 14.8 Å². The molecule has 30 heavy (non-hydrogen) atoms. The third kappa shape index (κ3) is 4.55. The summed E-state index contributed by atoms with van der Waals surface area (Å²) >= 11 is 2.68. The fourth-order valence-electron chi connectivity index (χ4n) is 2.80. The molecule has 0 saturated heterocycles. The van der Waals surface area contributed by atoms with E-state index in [0.29, 0.717) is 41.1 Å². The highest BCUT2D eigenvalue weighted by atomic mass is 32.2. The Bertz CT molecular complexity index is 1100. The van der Waals surface area contributed by atoms with Crippen molar-refractivity contribution in [2.45, 2.75) is 17.1 Å². The van der Waals surface area contributed by atoms with Crippen molar-refractivity contribution < 1.29 is 19.2 Å². The van der Waals surface area contributed by atoms with Gasteiger partial charge in [0.2, 0.25) is 5.91 Å². The monoisotopic (exact) mass is 443 g/mol. The predicted molar refractivity (Wildman–Crippen MR) is 116 cm³/mol. The molecule has 1 aliphatic rings. The normalized spacial score (nSPS) is 13.5. The minimum atomic E-state index is -0.449. The molecule has 0 spiro atoms. The van der Waals surface area contributed by atoms with Crippen molar-refractivity contribution in [2.75, 3.05) is 18.5 Å². The van der Waals surface area contributed by atoms with Crippen LogP contribution in [0.2, 0.25) is 0 Å². The summed E-state index contributed by atoms with van der Waals surface area (Å²) in [4.78, 5) is 28.4. The van der Waals surface area contributed by atoms with Crippen LogP contribution in [-0.4, -0.2) is 34.3 Å². The molecule has 1 atom stereocenters. The van der Waals surface area contributed by atoms with Gasteiger partial charge in [-0.05, 0) is 25.1 Å². The number of thioether (sulfide) groups is 1. The number of benzene rings is 2. The molecule has 1 N–H and O–H groups in total. The summed E-state index contributed by atoms with van der Waals surface area (Å²) in [5.41, 5.74) is 1.20. The highest BCUT2D eigenvalue weighted by molar-refractivity contribution is 8.00. The zero-order chi connectivity index (χ0) is 21.1. The molecule has 0 fully saturated rings. The van der Waals surface area contributed by atoms with Crippen LogP contribution in [-0.2, 0) is 4.79 Å². The minimum Gasteiger partial charge on any atom is -0.486 e. The Morgan fingerprint density at radius 1 is 1.23 bits per heavy atom. The van der Waals surface area contributed by atoms with Crippen LogP contribution in [0.15, 0.2) is 52.7 Å². The van der Waals surface area contributed by atoms with Gasteiger partial charge in [-0.3, -0.25) is 14.9 Å². The van der Waals surface area contributed by atoms with E-state index in [2.05, 4.69) is 10.3 Å². The fraction of sp³-hybridized carbons (Fsp3) is 0.200. The number of nitro groups is 1. The summed E-state index contributed by atoms with van der Waals surface area (Å²) in [5, 5.41) is 15.6. The van der Waals surface area contributed by atoms with Gasteiger partial charge in [0.25, 0.3) is 5.69 Å². The molecule has 154 valence electrons. The number of fused-ring (bicyclic) bond motifs is 1. The number of thiazole rings is 1. The van der Waals surface area contributed by atoms with Gasteiger partial charge in [0.15, 0.2) is 16.6 Å². The number of non-ortho nitro benzene ring substituents is 1. The Labute approximate surface area is 180 Å². The molecule has 0 saturated carbocycles. The van der Waals surface area contributed by atoms with Gasteiger partial charge in [-0.15, -0.1) is 23.1 Å². The van der Waals surface area contributed by atoms with E-state index in [0.717, 1.165) is 4.90 Å². The van der Waals surface area contributed by atoms with Gasteiger partial charge in [-0.1, -0.05) is 12.1 Å². The Morgan fingerprint density at radius 2 is 2.03 bits per heavy atom. The molecule has 2 aromatic carbocycles. The Kier molecular flexibility index (Phi) is 5.86. The van der Waals surface area contributed by atoms with Crippen molar-refractivity contribution in [2.24, 2.45) is 0 Å². The topological polar surface area (TPSA) is 104 Å². The zero-order valence-corrected chi connectivity index (χ0v) is 17.5. The minimum absolute atomic E-state index is 0.00413. The third-order valence-electron chi connectivity index (χ3n) is 4.28. The first-order chi connectivity index (χ1) is 14.5. The van der Waals surface area contributed by atoms with Gasteiger partial charge in [-0.25, -0.2) is 4.98 Å². The molecule has 0 aliphatic carbocycles. The molecule has 1 aliphatic heterocycles. The highest BCUT2D eigenvalue weighted by Crippen LogP contribution is 2.36. The van der Waals surface area contributed by atoms with E-state index in [1.165, 1.54) is 35.2 Å². The second kappa shape index (κ2) is 8.72. The summed E-state index contributed by atoms with van der Waals surface area (Å²) in [7, 11) is 0. The number of hydrogen-bond donors (Lipinski definition) is 1. The molecule has 1 aromatic heterocycles. The molecular formula is C20H17N3O5S2. The van der Waals surface area contributed by atoms with Crippen LogP contribution in [0, 0.1) is 10.1 Å². The summed E-state index contributed by atoms with van der Waals surface area (Å²) in [5.74, 6) is 1.20. The maximum absolute atomic E-state index is 12.6. The third-order valence-corrected chi connectivity index (χ3v) is 6.13. The van der Waals surface area contributed by atoms with Crippen molar-refractivity contribution in [3.63, 3.8) is 0 Å². The van der Waals surface area contributed by atoms with Crippen molar-refractivity contribution in [3.05, 3.63) is 58.0 Å². The van der Waals surface area contributed by atoms with Gasteiger partial charge >= 0.3 is 0 Å². The summed E-state index contributed by atoms with van der Waals surface area (Å²) in [6.45, 7) is 2.85. The van der Waals surface area contributed by atoms with Crippen LogP contribution < -0.4 is 14.8 Å². The molecule has 4 rings (SSSR count). The molecule has 0 bridgehead atoms. The Balaban J connectivity index is 1.40. The van der Waals surface area contributed by atoms with Gasteiger partial charge in [0, 0.05) is 28.0 Å². The fourth-order valence-corrected chi connectivity index (χ4v) is 4.42. The second-order valence-electron chi connectivity index (χ2n) is 6.40. The number of nitrogens with one attached hydrogen (secondary N) is 1. The number of carbonyl (C=O) groups is 1. The lowest BCUT2D eigenvalue weighted by Gasteiger charge is -2.19. The molecule has 2 heterocycles. The lowest BCUT2D eigenvalue weighted by atomic mass is 10.1. The molecular weight excluding hydrogens is 426 g/mol. The SMILES string of the molecule is C[C@@H](Sc1ccc2c(c1)OCCO2)C(=O)Nc1nc(-c2cccc([N+](=O)[O-])c2)cs1. The number of amides is 1. The van der Waals surface area contributed by atoms with E-state index in [1.807, 2.05) is 25.1 Å². The van der Waals surface area contributed by atoms with Crippen LogP contribution in [0.3, 0.4) is 0 Å². The van der Waals surface area contributed by atoms with Crippen molar-refractivity contribution in [3.8, 4) is 22.8 Å². The average molecular weight is 444 g/mol. The van der Waals surface area contributed by atoms with Crippen LogP contribution in [0.4, 0.5) is 10.8 Å². The first kappa shape index (κ1) is 20.2. The van der Waals surface area contributed by atoms with Crippen LogP contribution in [0.1, 0.15) is 6.92 Å². The number of carbonyl (C=O) groups excluding carboxylic acids is 1. The van der Waals surface area contributed by atoms with Crippen molar-refractivity contribution in [1.29, 1.82) is 0 Å². The maximum atomic E-state index is 12.6. The zero-order valence-electron chi connectivity index (χ0n) is 15.9. The molecule has 10 heteroatoms. The van der Waals surface area contributed by atoms with Crippen LogP contribution >= 0.6 is 23.1 Å². The number of rotatable bonds is 6. The Morgan fingerprint density at radius 3 is 2.83 bits per heavy atom. The number of hydrogen-bond acceptors (Lipinski definition) is 8. The van der Waals surface area contributed by atoms with E-state index in [9.17, 15) is 14.9 Å². The standard InChI is InChI=1S/C20H17N3O5S2/c1-12(30-15-5-6-17-18(10-15)28-8-7-27-17)19(24)22-20-21-16(11-29-20)13-3-2-4-14(9-13)23(25)26/h2-6,9-12H,7-8H2,1H3,(H,21,22,24)/t12-/m1/s1. The van der Waals surface area contributed by atoms with Gasteiger partial charge in [0.1, 0.15) is 13.2 Å². The van der Waals surface area contributed by atoms with Crippen molar-refractivity contribution >= 4 is 39.8 Å². The van der Waals surface area contributed by atoms with E-state index in [-0.39, 0.29) is 16.8 Å². The molecule has 3 aromatic rings. The smallest absolute Gasteiger partial charge is 0.270 e. The second-order valence-corrected chi connectivity index (χ2v) is 8.67. The first-order valence-corrected chi connectivity index (χ1v) is 10.8. The highest BCUT2D eigenvalue weighted by Gasteiger charge is 2.19. The number of nitrogens with zero attached hydrogens (tertiary/aromatic N) is 2. The molecule has 8 nitrogen and oxygen atoms in total. The number of aromatic nitrogens is 1. The predicted octanol–water partition coefficient (Wildman–Crippen LogP) is 4.61. The van der Waals surface area contributed by atoms with Crippen molar-refractivity contribution in [1.82, 2.24) is 4.98 Å². The first-order valence-electron chi connectivity index (χ1n) is 9.07. The maximum Gasteiger partial charge on any atom is 0.270 e. The molecule has 0 radical (unpaired) electrons. The van der Waals surface area contributed by atoms with E-state index in [4.69, 9.17) is 9.47 Å². The van der Waals surface area contributed by atoms with E-state index >= 15 is 0 Å². The van der Waals surface area contributed by atoms with E-state index in [1.54, 1.807) is 17.5 Å². The summed E-state index contributed by atoms with van der Waals surface area (Å²) < 4.78 is 11.1. The lowest BCUT2D eigenvalue weighted by molar-refractivity contribution is -0.384. The number of ether oxygens (including phenoxy) is 2. The van der Waals surface area contributed by atoms with Crippen LogP contribution in [0.5, 0.6) is 11.5 Å². The van der Waals surface area contributed by atoms with E-state index < -0.39 is 4.92 Å². The Hall–Kier alpha value is -3.11. The lowest BCUT2D eigenvalue weighted by Crippen LogP contribution is -2.22. The quantitative estimate of drug-likeness (QED) is 0.337. The average Bonchev–Trinajstić information content (AvgIpc) is 3.22. The molecule has 1 amide bonds. The van der Waals surface area contributed by atoms with Gasteiger partial charge in [-0.2, -0.15) is 0 Å². The van der Waals surface area contributed by atoms with Gasteiger partial charge in [0.05, 0.1) is 15.9 Å². The molecule has 0 unspecified atom stereocenters. The summed E-state index contributed by atoms with van der Waals surface area (Å²) in [6.07, 6.45) is 0.